The van der Waals surface area contributed by atoms with Crippen molar-refractivity contribution < 1.29 is 28.0 Å². The average molecular weight is 342 g/mol. The first kappa shape index (κ1) is 18.1. The normalized spacial score (nSPS) is 16.6. The lowest BCUT2D eigenvalue weighted by molar-refractivity contribution is -0.917. The van der Waals surface area contributed by atoms with Crippen LogP contribution in [0.4, 0.5) is 19.3 Å². The summed E-state index contributed by atoms with van der Waals surface area (Å²) >= 11 is 0. The number of hydrogen-bond acceptors (Lipinski definition) is 3. The number of ether oxygens (including phenoxy) is 1. The monoisotopic (exact) mass is 342 g/mol. The predicted octanol–water partition coefficient (Wildman–Crippen LogP) is 0.649. The Morgan fingerprint density at radius 2 is 1.96 bits per heavy atom. The van der Waals surface area contributed by atoms with Gasteiger partial charge in [0.2, 0.25) is 0 Å². The molecule has 1 heterocycles. The van der Waals surface area contributed by atoms with Gasteiger partial charge in [0.15, 0.2) is 17.7 Å². The Balaban J connectivity index is 1.87. The molecule has 2 N–H and O–H groups in total. The second-order valence-corrected chi connectivity index (χ2v) is 5.68. The van der Waals surface area contributed by atoms with E-state index in [-0.39, 0.29) is 23.7 Å². The summed E-state index contributed by atoms with van der Waals surface area (Å²) < 4.78 is 31.1. The molecule has 1 aliphatic heterocycles. The minimum absolute atomic E-state index is 0.218. The maximum atomic E-state index is 13.2. The Hall–Kier alpha value is -2.22. The van der Waals surface area contributed by atoms with Gasteiger partial charge < -0.3 is 15.0 Å². The third-order valence-electron chi connectivity index (χ3n) is 4.12. The number of amides is 2. The second-order valence-electron chi connectivity index (χ2n) is 5.68. The zero-order chi connectivity index (χ0) is 17.7. The summed E-state index contributed by atoms with van der Waals surface area (Å²) in [6.07, 6.45) is -0.338. The highest BCUT2D eigenvalue weighted by molar-refractivity contribution is 5.93. The van der Waals surface area contributed by atoms with Crippen molar-refractivity contribution in [1.29, 1.82) is 0 Å². The Bertz CT molecular complexity index is 604. The second kappa shape index (κ2) is 8.05. The standard InChI is InChI=1S/C16H21F2N3O3/c1-3-24-16(23)21-8-6-20(7-9-21)11(2)15(22)19-12-4-5-13(17)14(18)10-12/h4-5,10-11H,3,6-9H2,1-2H3,(H,19,22)/p+1/t11-/m0/s1. The number of quaternary nitrogens is 1. The first-order valence-electron chi connectivity index (χ1n) is 7.94. The van der Waals surface area contributed by atoms with Gasteiger partial charge in [0.05, 0.1) is 32.8 Å². The molecule has 1 fully saturated rings. The summed E-state index contributed by atoms with van der Waals surface area (Å²) in [5.74, 6) is -2.24. The number of halogens is 2. The van der Waals surface area contributed by atoms with Crippen LogP contribution in [-0.2, 0) is 9.53 Å². The van der Waals surface area contributed by atoms with E-state index >= 15 is 0 Å². The molecule has 8 heteroatoms. The van der Waals surface area contributed by atoms with Crippen molar-refractivity contribution in [3.05, 3.63) is 29.8 Å². The molecule has 1 saturated heterocycles. The minimum Gasteiger partial charge on any atom is -0.450 e. The molecular weight excluding hydrogens is 320 g/mol. The molecule has 0 spiro atoms. The van der Waals surface area contributed by atoms with Crippen LogP contribution in [-0.4, -0.2) is 55.7 Å². The fourth-order valence-electron chi connectivity index (χ4n) is 2.63. The van der Waals surface area contributed by atoms with E-state index in [1.54, 1.807) is 18.7 Å². The van der Waals surface area contributed by atoms with Gasteiger partial charge in [-0.25, -0.2) is 13.6 Å². The number of carbonyl (C=O) groups is 2. The lowest BCUT2D eigenvalue weighted by Gasteiger charge is -2.34. The van der Waals surface area contributed by atoms with Gasteiger partial charge in [-0.3, -0.25) is 9.69 Å². The molecule has 2 rings (SSSR count). The van der Waals surface area contributed by atoms with Crippen LogP contribution in [0.1, 0.15) is 13.8 Å². The van der Waals surface area contributed by atoms with Gasteiger partial charge in [-0.05, 0) is 26.0 Å². The molecule has 1 atom stereocenters. The Morgan fingerprint density at radius 3 is 2.54 bits per heavy atom. The molecule has 132 valence electrons. The van der Waals surface area contributed by atoms with E-state index in [1.165, 1.54) is 6.07 Å². The van der Waals surface area contributed by atoms with Gasteiger partial charge in [0.1, 0.15) is 0 Å². The van der Waals surface area contributed by atoms with Crippen molar-refractivity contribution in [2.75, 3.05) is 38.1 Å². The number of carbonyl (C=O) groups excluding carboxylic acids is 2. The number of nitrogens with zero attached hydrogens (tertiary/aromatic N) is 1. The minimum atomic E-state index is -1.00. The molecule has 2 amide bonds. The first-order valence-corrected chi connectivity index (χ1v) is 7.94. The van der Waals surface area contributed by atoms with Crippen molar-refractivity contribution in [2.45, 2.75) is 19.9 Å². The molecule has 0 saturated carbocycles. The van der Waals surface area contributed by atoms with Crippen LogP contribution in [0.2, 0.25) is 0 Å². The fourth-order valence-corrected chi connectivity index (χ4v) is 2.63. The van der Waals surface area contributed by atoms with Crippen LogP contribution in [0.25, 0.3) is 0 Å². The predicted molar refractivity (Wildman–Crippen MR) is 83.7 cm³/mol. The van der Waals surface area contributed by atoms with Crippen molar-refractivity contribution in [3.63, 3.8) is 0 Å². The van der Waals surface area contributed by atoms with E-state index in [9.17, 15) is 18.4 Å². The highest BCUT2D eigenvalue weighted by Gasteiger charge is 2.31. The van der Waals surface area contributed by atoms with Crippen molar-refractivity contribution in [3.8, 4) is 0 Å². The summed E-state index contributed by atoms with van der Waals surface area (Å²) in [4.78, 5) is 26.6. The summed E-state index contributed by atoms with van der Waals surface area (Å²) in [5, 5.41) is 2.59. The molecule has 0 aliphatic carbocycles. The van der Waals surface area contributed by atoms with Crippen LogP contribution in [0.5, 0.6) is 0 Å². The van der Waals surface area contributed by atoms with E-state index in [1.807, 2.05) is 0 Å². The molecule has 0 aromatic heterocycles. The van der Waals surface area contributed by atoms with Gasteiger partial charge >= 0.3 is 6.09 Å². The Morgan fingerprint density at radius 1 is 1.29 bits per heavy atom. The summed E-state index contributed by atoms with van der Waals surface area (Å²) in [6, 6.07) is 2.87. The van der Waals surface area contributed by atoms with E-state index in [0.717, 1.165) is 17.0 Å². The Labute approximate surface area is 139 Å². The maximum Gasteiger partial charge on any atom is 0.410 e. The first-order chi connectivity index (χ1) is 11.4. The number of nitrogens with one attached hydrogen (secondary N) is 2. The highest BCUT2D eigenvalue weighted by atomic mass is 19.2. The molecule has 0 radical (unpaired) electrons. The molecular formula is C16H22F2N3O3+. The van der Waals surface area contributed by atoms with Crippen LogP contribution in [0.15, 0.2) is 18.2 Å². The number of hydrogen-bond donors (Lipinski definition) is 2. The highest BCUT2D eigenvalue weighted by Crippen LogP contribution is 2.13. The summed E-state index contributed by atoms with van der Waals surface area (Å²) in [6.45, 7) is 6.11. The van der Waals surface area contributed by atoms with Gasteiger partial charge in [-0.1, -0.05) is 0 Å². The van der Waals surface area contributed by atoms with Crippen LogP contribution >= 0.6 is 0 Å². The van der Waals surface area contributed by atoms with Gasteiger partial charge in [0, 0.05) is 11.8 Å². The summed E-state index contributed by atoms with van der Waals surface area (Å²) in [5.41, 5.74) is 0.218. The van der Waals surface area contributed by atoms with E-state index in [4.69, 9.17) is 4.74 Å². The van der Waals surface area contributed by atoms with Crippen LogP contribution < -0.4 is 10.2 Å². The van der Waals surface area contributed by atoms with E-state index in [0.29, 0.717) is 32.8 Å². The molecule has 0 unspecified atom stereocenters. The molecule has 1 aliphatic rings. The lowest BCUT2D eigenvalue weighted by Crippen LogP contribution is -3.19. The topological polar surface area (TPSA) is 63.1 Å². The third kappa shape index (κ3) is 4.41. The molecule has 0 bridgehead atoms. The lowest BCUT2D eigenvalue weighted by atomic mass is 10.2. The average Bonchev–Trinajstić information content (AvgIpc) is 2.58. The number of rotatable bonds is 4. The van der Waals surface area contributed by atoms with Gasteiger partial charge in [-0.2, -0.15) is 0 Å². The van der Waals surface area contributed by atoms with E-state index < -0.39 is 11.6 Å². The quantitative estimate of drug-likeness (QED) is 0.845. The molecule has 1 aromatic carbocycles. The molecule has 24 heavy (non-hydrogen) atoms. The van der Waals surface area contributed by atoms with Crippen molar-refractivity contribution in [2.24, 2.45) is 0 Å². The molecule has 1 aromatic rings. The zero-order valence-electron chi connectivity index (χ0n) is 13.8. The van der Waals surface area contributed by atoms with Crippen molar-refractivity contribution >= 4 is 17.7 Å². The van der Waals surface area contributed by atoms with Crippen LogP contribution in [0, 0.1) is 11.6 Å². The Kier molecular flexibility index (Phi) is 6.08. The smallest absolute Gasteiger partial charge is 0.410 e. The molecule has 6 nitrogen and oxygen atoms in total. The third-order valence-corrected chi connectivity index (χ3v) is 4.12. The fraction of sp³-hybridized carbons (Fsp3) is 0.500. The van der Waals surface area contributed by atoms with Gasteiger partial charge in [-0.15, -0.1) is 0 Å². The summed E-state index contributed by atoms with van der Waals surface area (Å²) in [7, 11) is 0. The number of benzene rings is 1. The maximum absolute atomic E-state index is 13.2. The van der Waals surface area contributed by atoms with E-state index in [2.05, 4.69) is 5.32 Å². The zero-order valence-corrected chi connectivity index (χ0v) is 13.8. The largest absolute Gasteiger partial charge is 0.450 e. The SMILES string of the molecule is CCOC(=O)N1CC[NH+]([C@@H](C)C(=O)Nc2ccc(F)c(F)c2)CC1. The number of piperazine rings is 1. The number of anilines is 1. The van der Waals surface area contributed by atoms with Crippen LogP contribution in [0.3, 0.4) is 0 Å². The van der Waals surface area contributed by atoms with Gasteiger partial charge in [0.25, 0.3) is 5.91 Å². The van der Waals surface area contributed by atoms with Crippen molar-refractivity contribution in [1.82, 2.24) is 4.90 Å².